The molecule has 0 spiro atoms. The van der Waals surface area contributed by atoms with Crippen molar-refractivity contribution >= 4 is 75.4 Å². The molecule has 52 heavy (non-hydrogen) atoms. The normalized spacial score (nSPS) is 11.8. The van der Waals surface area contributed by atoms with Crippen molar-refractivity contribution in [2.75, 3.05) is 0 Å². The predicted molar refractivity (Wildman–Crippen MR) is 224 cm³/mol. The lowest BCUT2D eigenvalue weighted by Gasteiger charge is -2.24. The van der Waals surface area contributed by atoms with Gasteiger partial charge in [0.15, 0.2) is 0 Å². The van der Waals surface area contributed by atoms with Crippen LogP contribution in [-0.4, -0.2) is 0 Å². The van der Waals surface area contributed by atoms with Gasteiger partial charge in [-0.05, 0) is 139 Å². The third kappa shape index (κ3) is 4.28. The van der Waals surface area contributed by atoms with Crippen LogP contribution in [0, 0.1) is 6.07 Å². The summed E-state index contributed by atoms with van der Waals surface area (Å²) in [6, 6.07) is 73.1. The first-order chi connectivity index (χ1) is 25.8. The molecule has 0 amide bonds. The van der Waals surface area contributed by atoms with E-state index >= 15 is 0 Å². The van der Waals surface area contributed by atoms with Gasteiger partial charge in [0.25, 0.3) is 0 Å². The average molecular weight is 656 g/mol. The van der Waals surface area contributed by atoms with Gasteiger partial charge in [0.2, 0.25) is 0 Å². The van der Waals surface area contributed by atoms with Gasteiger partial charge in [-0.15, -0.1) is 0 Å². The summed E-state index contributed by atoms with van der Waals surface area (Å²) in [5.41, 5.74) is 7.42. The molecule has 1 radical (unpaired) electrons. The van der Waals surface area contributed by atoms with E-state index in [1.807, 2.05) is 0 Å². The highest BCUT2D eigenvalue weighted by Crippen LogP contribution is 2.51. The van der Waals surface area contributed by atoms with Gasteiger partial charge < -0.3 is 0 Å². The molecule has 0 bridgehead atoms. The van der Waals surface area contributed by atoms with E-state index in [0.29, 0.717) is 0 Å². The molecule has 239 valence electrons. The zero-order chi connectivity index (χ0) is 34.2. The Balaban J connectivity index is 1.44. The molecule has 0 unspecified atom stereocenters. The molecule has 11 rings (SSSR count). The summed E-state index contributed by atoms with van der Waals surface area (Å²) in [5, 5.41) is 17.3. The van der Waals surface area contributed by atoms with Crippen LogP contribution < -0.4 is 0 Å². The van der Waals surface area contributed by atoms with Gasteiger partial charge in [0.1, 0.15) is 0 Å². The fourth-order valence-electron chi connectivity index (χ4n) is 8.82. The van der Waals surface area contributed by atoms with Crippen molar-refractivity contribution in [3.63, 3.8) is 0 Å². The second-order valence-electron chi connectivity index (χ2n) is 13.9. The fourth-order valence-corrected chi connectivity index (χ4v) is 8.82. The van der Waals surface area contributed by atoms with Crippen LogP contribution in [-0.2, 0) is 0 Å². The summed E-state index contributed by atoms with van der Waals surface area (Å²) >= 11 is 0. The van der Waals surface area contributed by atoms with E-state index < -0.39 is 0 Å². The van der Waals surface area contributed by atoms with Gasteiger partial charge >= 0.3 is 0 Å². The molecule has 0 aliphatic carbocycles. The SMILES string of the molecule is [c]1cc2c(-c3cccc4ccccc34)c(-c3cc4ccccc4c4ccccc34)c(-c3cc4ccccc4c4ccccc34)cc2c2ccccc12. The molecular formula is C52H31. The maximum atomic E-state index is 3.71. The molecule has 0 heterocycles. The molecule has 0 aliphatic heterocycles. The molecule has 0 fully saturated rings. The Morgan fingerprint density at radius 3 is 1.44 bits per heavy atom. The maximum absolute atomic E-state index is 3.71. The second kappa shape index (κ2) is 11.4. The summed E-state index contributed by atoms with van der Waals surface area (Å²) in [6.07, 6.45) is 0. The quantitative estimate of drug-likeness (QED) is 0.166. The Morgan fingerprint density at radius 2 is 0.750 bits per heavy atom. The highest BCUT2D eigenvalue weighted by molar-refractivity contribution is 6.26. The van der Waals surface area contributed by atoms with Gasteiger partial charge in [-0.3, -0.25) is 0 Å². The van der Waals surface area contributed by atoms with Crippen LogP contribution in [0.1, 0.15) is 0 Å². The van der Waals surface area contributed by atoms with Crippen LogP contribution in [0.15, 0.2) is 188 Å². The molecule has 0 heteroatoms. The Hall–Kier alpha value is -6.76. The first kappa shape index (κ1) is 29.0. The van der Waals surface area contributed by atoms with Gasteiger partial charge in [-0.25, -0.2) is 0 Å². The zero-order valence-corrected chi connectivity index (χ0v) is 28.4. The van der Waals surface area contributed by atoms with E-state index in [1.165, 1.54) is 103 Å². The first-order valence-corrected chi connectivity index (χ1v) is 18.0. The molecule has 11 aromatic rings. The van der Waals surface area contributed by atoms with E-state index in [2.05, 4.69) is 194 Å². The molecular weight excluding hydrogens is 625 g/mol. The molecule has 11 aromatic carbocycles. The lowest BCUT2D eigenvalue weighted by molar-refractivity contribution is 1.64. The van der Waals surface area contributed by atoms with Gasteiger partial charge in [0.05, 0.1) is 0 Å². The van der Waals surface area contributed by atoms with Crippen LogP contribution in [0.4, 0.5) is 0 Å². The van der Waals surface area contributed by atoms with Crippen LogP contribution in [0.5, 0.6) is 0 Å². The first-order valence-electron chi connectivity index (χ1n) is 18.0. The van der Waals surface area contributed by atoms with E-state index in [9.17, 15) is 0 Å². The molecule has 0 nitrogen and oxygen atoms in total. The van der Waals surface area contributed by atoms with Gasteiger partial charge in [-0.2, -0.15) is 0 Å². The van der Waals surface area contributed by atoms with E-state index in [0.717, 1.165) is 5.39 Å². The number of fused-ring (bicyclic) bond motifs is 10. The highest BCUT2D eigenvalue weighted by Gasteiger charge is 2.24. The maximum Gasteiger partial charge on any atom is -0.00134 e. The monoisotopic (exact) mass is 655 g/mol. The second-order valence-corrected chi connectivity index (χ2v) is 13.9. The van der Waals surface area contributed by atoms with Crippen molar-refractivity contribution in [2.45, 2.75) is 0 Å². The van der Waals surface area contributed by atoms with E-state index in [1.54, 1.807) is 0 Å². The largest absolute Gasteiger partial charge is 0.0616 e. The minimum absolute atomic E-state index is 1.12. The molecule has 0 aromatic heterocycles. The van der Waals surface area contributed by atoms with E-state index in [-0.39, 0.29) is 0 Å². The van der Waals surface area contributed by atoms with E-state index in [4.69, 9.17) is 0 Å². The van der Waals surface area contributed by atoms with Crippen molar-refractivity contribution in [3.05, 3.63) is 194 Å². The van der Waals surface area contributed by atoms with Crippen molar-refractivity contribution in [2.24, 2.45) is 0 Å². The number of rotatable bonds is 3. The summed E-state index contributed by atoms with van der Waals surface area (Å²) < 4.78 is 0. The molecule has 0 saturated heterocycles. The zero-order valence-electron chi connectivity index (χ0n) is 28.4. The number of benzene rings is 11. The standard InChI is InChI=1S/C52H31/c1-5-19-37-33(14-1)18-13-27-45(37)51-46-29-28-34-15-2-6-20-38(34)48(46)32-50(47-30-35-16-3-7-21-39(35)41-23-9-11-25-43(41)47)52(51)49-31-36-17-4-8-22-40(36)42-24-10-12-26-44(42)49/h1-27,29-32H. The van der Waals surface area contributed by atoms with Crippen molar-refractivity contribution in [3.8, 4) is 33.4 Å². The minimum atomic E-state index is 1.12. The van der Waals surface area contributed by atoms with Crippen LogP contribution >= 0.6 is 0 Å². The summed E-state index contributed by atoms with van der Waals surface area (Å²) in [6.45, 7) is 0. The lowest BCUT2D eigenvalue weighted by atomic mass is 9.79. The third-order valence-electron chi connectivity index (χ3n) is 11.1. The smallest absolute Gasteiger partial charge is 0.00134 e. The van der Waals surface area contributed by atoms with Crippen molar-refractivity contribution in [1.82, 2.24) is 0 Å². The van der Waals surface area contributed by atoms with Crippen LogP contribution in [0.25, 0.3) is 109 Å². The topological polar surface area (TPSA) is 0 Å². The lowest BCUT2D eigenvalue weighted by Crippen LogP contribution is -1.97. The van der Waals surface area contributed by atoms with Crippen molar-refractivity contribution < 1.29 is 0 Å². The minimum Gasteiger partial charge on any atom is -0.0616 e. The molecule has 0 N–H and O–H groups in total. The summed E-state index contributed by atoms with van der Waals surface area (Å²) in [4.78, 5) is 0. The predicted octanol–water partition coefficient (Wildman–Crippen LogP) is 14.6. The summed E-state index contributed by atoms with van der Waals surface area (Å²) in [5.74, 6) is 0. The molecule has 0 saturated carbocycles. The van der Waals surface area contributed by atoms with Crippen LogP contribution in [0.2, 0.25) is 0 Å². The third-order valence-corrected chi connectivity index (χ3v) is 11.1. The Labute approximate surface area is 301 Å². The molecule has 0 aliphatic rings. The Morgan fingerprint density at radius 1 is 0.250 bits per heavy atom. The highest BCUT2D eigenvalue weighted by atomic mass is 14.3. The summed E-state index contributed by atoms with van der Waals surface area (Å²) in [7, 11) is 0. The van der Waals surface area contributed by atoms with Crippen LogP contribution in [0.3, 0.4) is 0 Å². The number of hydrogen-bond acceptors (Lipinski definition) is 0. The average Bonchev–Trinajstić information content (AvgIpc) is 3.22. The van der Waals surface area contributed by atoms with Gasteiger partial charge in [0, 0.05) is 0 Å². The van der Waals surface area contributed by atoms with Crippen molar-refractivity contribution in [1.29, 1.82) is 0 Å². The molecule has 0 atom stereocenters. The Kier molecular flexibility index (Phi) is 6.35. The fraction of sp³-hybridized carbons (Fsp3) is 0. The van der Waals surface area contributed by atoms with Gasteiger partial charge in [-0.1, -0.05) is 164 Å². The number of hydrogen-bond donors (Lipinski definition) is 0. The Bertz CT molecular complexity index is 3230.